The molecule has 3 N–H and O–H groups in total. The van der Waals surface area contributed by atoms with Crippen molar-refractivity contribution >= 4 is 50.2 Å². The third-order valence-corrected chi connectivity index (χ3v) is 4.57. The summed E-state index contributed by atoms with van der Waals surface area (Å²) in [5.74, 6) is -0.114. The highest BCUT2D eigenvalue weighted by Crippen LogP contribution is 2.21. The molecule has 84 valence electrons. The van der Waals surface area contributed by atoms with Crippen LogP contribution in [0.1, 0.15) is 14.5 Å². The van der Waals surface area contributed by atoms with Crippen LogP contribution in [0, 0.1) is 0 Å². The summed E-state index contributed by atoms with van der Waals surface area (Å²) in [4.78, 5) is 13.4. The minimum Gasteiger partial charge on any atom is -0.397 e. The Balaban J connectivity index is 1.96. The number of hydrogen-bond acceptors (Lipinski definition) is 4. The molecule has 2 rings (SSSR count). The molecule has 0 bridgehead atoms. The number of halogens is 1. The van der Waals surface area contributed by atoms with Gasteiger partial charge in [-0.05, 0) is 33.4 Å². The van der Waals surface area contributed by atoms with E-state index in [1.165, 1.54) is 11.3 Å². The number of nitrogen functional groups attached to an aromatic ring is 1. The average Bonchev–Trinajstić information content (AvgIpc) is 2.84. The number of nitrogens with one attached hydrogen (secondary N) is 1. The molecule has 0 radical (unpaired) electrons. The highest BCUT2D eigenvalue weighted by molar-refractivity contribution is 9.10. The van der Waals surface area contributed by atoms with Crippen LogP contribution in [0.15, 0.2) is 27.4 Å². The smallest absolute Gasteiger partial charge is 0.263 e. The number of nitrogens with two attached hydrogens (primary N) is 1. The van der Waals surface area contributed by atoms with Crippen LogP contribution in [-0.4, -0.2) is 5.91 Å². The molecule has 0 saturated heterocycles. The van der Waals surface area contributed by atoms with Crippen molar-refractivity contribution in [2.24, 2.45) is 0 Å². The van der Waals surface area contributed by atoms with Crippen molar-refractivity contribution in [3.05, 3.63) is 37.1 Å². The van der Waals surface area contributed by atoms with Gasteiger partial charge in [0.05, 0.1) is 12.2 Å². The van der Waals surface area contributed by atoms with Gasteiger partial charge in [-0.15, -0.1) is 22.7 Å². The van der Waals surface area contributed by atoms with Crippen molar-refractivity contribution < 1.29 is 4.79 Å². The first-order valence-corrected chi connectivity index (χ1v) is 7.06. The number of carbonyl (C=O) groups is 1. The molecule has 1 amide bonds. The van der Waals surface area contributed by atoms with Gasteiger partial charge in [0.15, 0.2) is 0 Å². The maximum absolute atomic E-state index is 11.7. The van der Waals surface area contributed by atoms with E-state index >= 15 is 0 Å². The van der Waals surface area contributed by atoms with Gasteiger partial charge in [-0.2, -0.15) is 0 Å². The third-order valence-electron chi connectivity index (χ3n) is 1.95. The molecule has 0 saturated carbocycles. The van der Waals surface area contributed by atoms with E-state index in [2.05, 4.69) is 21.2 Å². The fourth-order valence-corrected chi connectivity index (χ4v) is 3.32. The van der Waals surface area contributed by atoms with E-state index in [4.69, 9.17) is 5.73 Å². The summed E-state index contributed by atoms with van der Waals surface area (Å²) < 4.78 is 1.04. The Bertz CT molecular complexity index is 506. The standard InChI is InChI=1S/C10H9BrN2OS2/c11-6-3-7(16-5-6)4-13-10(14)9-8(12)1-2-15-9/h1-3,5H,4,12H2,(H,13,14). The number of rotatable bonds is 3. The first-order valence-electron chi connectivity index (χ1n) is 4.51. The van der Waals surface area contributed by atoms with Crippen LogP contribution in [-0.2, 0) is 6.54 Å². The zero-order valence-electron chi connectivity index (χ0n) is 8.20. The van der Waals surface area contributed by atoms with Crippen LogP contribution in [0.5, 0.6) is 0 Å². The predicted octanol–water partition coefficient (Wildman–Crippen LogP) is 3.08. The molecule has 3 nitrogen and oxygen atoms in total. The average molecular weight is 317 g/mol. The second-order valence-electron chi connectivity index (χ2n) is 3.12. The summed E-state index contributed by atoms with van der Waals surface area (Å²) in [6.45, 7) is 0.534. The van der Waals surface area contributed by atoms with Crippen molar-refractivity contribution in [2.75, 3.05) is 5.73 Å². The van der Waals surface area contributed by atoms with Crippen LogP contribution in [0.4, 0.5) is 5.69 Å². The molecule has 0 aliphatic carbocycles. The fourth-order valence-electron chi connectivity index (χ4n) is 1.20. The molecular weight excluding hydrogens is 308 g/mol. The van der Waals surface area contributed by atoms with Crippen LogP contribution in [0.2, 0.25) is 0 Å². The number of hydrogen-bond donors (Lipinski definition) is 2. The lowest BCUT2D eigenvalue weighted by molar-refractivity contribution is 0.0956. The third kappa shape index (κ3) is 2.63. The van der Waals surface area contributed by atoms with Crippen LogP contribution in [0.3, 0.4) is 0 Å². The van der Waals surface area contributed by atoms with Gasteiger partial charge in [0, 0.05) is 14.7 Å². The monoisotopic (exact) mass is 316 g/mol. The Morgan fingerprint density at radius 2 is 2.31 bits per heavy atom. The van der Waals surface area contributed by atoms with E-state index in [1.807, 2.05) is 16.8 Å². The first kappa shape index (κ1) is 11.6. The molecule has 0 atom stereocenters. The fraction of sp³-hybridized carbons (Fsp3) is 0.100. The Kier molecular flexibility index (Phi) is 3.63. The van der Waals surface area contributed by atoms with Gasteiger partial charge in [0.2, 0.25) is 0 Å². The molecule has 0 aliphatic heterocycles. The predicted molar refractivity (Wildman–Crippen MR) is 71.9 cm³/mol. The summed E-state index contributed by atoms with van der Waals surface area (Å²) in [6, 6.07) is 3.73. The number of amides is 1. The Morgan fingerprint density at radius 1 is 1.50 bits per heavy atom. The normalized spacial score (nSPS) is 10.3. The highest BCUT2D eigenvalue weighted by atomic mass is 79.9. The Labute approximate surface area is 109 Å². The summed E-state index contributed by atoms with van der Waals surface area (Å²) in [7, 11) is 0. The minimum absolute atomic E-state index is 0.114. The quantitative estimate of drug-likeness (QED) is 0.914. The molecule has 2 aromatic heterocycles. The van der Waals surface area contributed by atoms with Crippen LogP contribution < -0.4 is 11.1 Å². The van der Waals surface area contributed by atoms with Gasteiger partial charge >= 0.3 is 0 Å². The largest absolute Gasteiger partial charge is 0.397 e. The summed E-state index contributed by atoms with van der Waals surface area (Å²) in [6.07, 6.45) is 0. The Hall–Kier alpha value is -0.850. The zero-order valence-corrected chi connectivity index (χ0v) is 11.4. The molecule has 16 heavy (non-hydrogen) atoms. The summed E-state index contributed by atoms with van der Waals surface area (Å²) in [5.41, 5.74) is 6.20. The van der Waals surface area contributed by atoms with E-state index in [9.17, 15) is 4.79 Å². The topological polar surface area (TPSA) is 55.1 Å². The van der Waals surface area contributed by atoms with E-state index < -0.39 is 0 Å². The lowest BCUT2D eigenvalue weighted by Gasteiger charge is -2.02. The Morgan fingerprint density at radius 3 is 2.88 bits per heavy atom. The molecule has 2 aromatic rings. The van der Waals surface area contributed by atoms with Crippen molar-refractivity contribution in [3.63, 3.8) is 0 Å². The van der Waals surface area contributed by atoms with Gasteiger partial charge < -0.3 is 11.1 Å². The molecule has 6 heteroatoms. The lowest BCUT2D eigenvalue weighted by Crippen LogP contribution is -2.22. The van der Waals surface area contributed by atoms with Crippen LogP contribution >= 0.6 is 38.6 Å². The van der Waals surface area contributed by atoms with Gasteiger partial charge in [-0.1, -0.05) is 0 Å². The van der Waals surface area contributed by atoms with Gasteiger partial charge in [-0.3, -0.25) is 4.79 Å². The second kappa shape index (κ2) is 4.99. The van der Waals surface area contributed by atoms with E-state index in [0.29, 0.717) is 17.1 Å². The van der Waals surface area contributed by atoms with Gasteiger partial charge in [0.25, 0.3) is 5.91 Å². The number of thiophene rings is 2. The number of carbonyl (C=O) groups excluding carboxylic acids is 1. The molecular formula is C10H9BrN2OS2. The van der Waals surface area contributed by atoms with Crippen LogP contribution in [0.25, 0.3) is 0 Å². The summed E-state index contributed by atoms with van der Waals surface area (Å²) in [5, 5.41) is 6.64. The lowest BCUT2D eigenvalue weighted by atomic mass is 10.3. The van der Waals surface area contributed by atoms with Crippen molar-refractivity contribution in [2.45, 2.75) is 6.54 Å². The molecule has 0 aromatic carbocycles. The molecule has 0 spiro atoms. The zero-order chi connectivity index (χ0) is 11.5. The highest BCUT2D eigenvalue weighted by Gasteiger charge is 2.10. The van der Waals surface area contributed by atoms with E-state index in [1.54, 1.807) is 17.4 Å². The van der Waals surface area contributed by atoms with Crippen molar-refractivity contribution in [1.29, 1.82) is 0 Å². The SMILES string of the molecule is Nc1ccsc1C(=O)NCc1cc(Br)cs1. The minimum atomic E-state index is -0.114. The molecule has 0 unspecified atom stereocenters. The molecule has 0 fully saturated rings. The van der Waals surface area contributed by atoms with Gasteiger partial charge in [-0.25, -0.2) is 0 Å². The van der Waals surface area contributed by atoms with E-state index in [-0.39, 0.29) is 5.91 Å². The van der Waals surface area contributed by atoms with E-state index in [0.717, 1.165) is 9.35 Å². The van der Waals surface area contributed by atoms with Gasteiger partial charge in [0.1, 0.15) is 4.88 Å². The number of anilines is 1. The maximum Gasteiger partial charge on any atom is 0.263 e. The maximum atomic E-state index is 11.7. The summed E-state index contributed by atoms with van der Waals surface area (Å²) >= 11 is 6.33. The van der Waals surface area contributed by atoms with Crippen molar-refractivity contribution in [3.8, 4) is 0 Å². The van der Waals surface area contributed by atoms with Crippen molar-refractivity contribution in [1.82, 2.24) is 5.32 Å². The molecule has 2 heterocycles. The first-order chi connectivity index (χ1) is 7.66. The second-order valence-corrected chi connectivity index (χ2v) is 5.95. The molecule has 0 aliphatic rings.